The number of anilines is 1. The highest BCUT2D eigenvalue weighted by Crippen LogP contribution is 2.71. The molecule has 3 saturated carbocycles. The molecule has 4 aliphatic rings. The van der Waals surface area contributed by atoms with E-state index in [2.05, 4.69) is 71.4 Å². The monoisotopic (exact) mass is 656 g/mol. The fraction of sp³-hybridized carbons (Fsp3) is 0.634. The zero-order chi connectivity index (χ0) is 34.1. The van der Waals surface area contributed by atoms with Crippen molar-refractivity contribution >= 4 is 33.9 Å². The number of rotatable bonds is 7. The molecule has 6 rings (SSSR count). The number of nitrogens with one attached hydrogen (secondary N) is 1. The molecule has 2 aromatic rings. The molecule has 0 radical (unpaired) electrons. The average Bonchev–Trinajstić information content (AvgIpc) is 3.62. The average molecular weight is 657 g/mol. The van der Waals surface area contributed by atoms with Crippen LogP contribution in [0.15, 0.2) is 48.7 Å². The zero-order valence-corrected chi connectivity index (χ0v) is 30.7. The zero-order valence-electron chi connectivity index (χ0n) is 29.9. The van der Waals surface area contributed by atoms with Crippen LogP contribution in [0.3, 0.4) is 0 Å². The number of benzene rings is 1. The van der Waals surface area contributed by atoms with E-state index in [-0.39, 0.29) is 27.6 Å². The van der Waals surface area contributed by atoms with Gasteiger partial charge in [0, 0.05) is 11.1 Å². The maximum atomic E-state index is 14.3. The highest BCUT2D eigenvalue weighted by Gasteiger charge is 2.66. The molecule has 1 aromatic carbocycles. The van der Waals surface area contributed by atoms with Crippen LogP contribution in [0.1, 0.15) is 121 Å². The number of carbonyl (C=O) groups is 2. The minimum Gasteiger partial charge on any atom is -0.478 e. The van der Waals surface area contributed by atoms with E-state index in [4.69, 9.17) is 0 Å². The summed E-state index contributed by atoms with van der Waals surface area (Å²) >= 11 is 1.57. The minimum absolute atomic E-state index is 0.0472. The van der Waals surface area contributed by atoms with Crippen molar-refractivity contribution in [3.05, 3.63) is 64.7 Å². The third-order valence-electron chi connectivity index (χ3n) is 14.5. The summed E-state index contributed by atoms with van der Waals surface area (Å²) in [5.74, 6) is 2.13. The normalized spacial score (nSPS) is 37.7. The smallest absolute Gasteiger partial charge is 0.335 e. The standard InChI is InChI=1S/C41H56N2O3S/c1-10-33-38(6,7)31(27-11-13-28(14-12-27)35(44)45)18-19-40(33,9)30-15-16-32-34-29(24(2)3)17-20-41(34,22-21-39(32,8)26(30)5)36(46)43-37-42-23-25(4)47-37/h11-14,18,23,26,29-30,32-34H,2,10,15-17,19-22H2,1,3-9H3,(H,44,45)(H,42,43,46). The van der Waals surface area contributed by atoms with E-state index >= 15 is 0 Å². The Balaban J connectivity index is 1.32. The Morgan fingerprint density at radius 1 is 1.02 bits per heavy atom. The predicted molar refractivity (Wildman–Crippen MR) is 193 cm³/mol. The molecule has 0 bridgehead atoms. The first kappa shape index (κ1) is 34.1. The Kier molecular flexibility index (Phi) is 8.72. The van der Waals surface area contributed by atoms with Crippen LogP contribution in [0.2, 0.25) is 0 Å². The van der Waals surface area contributed by atoms with E-state index in [1.165, 1.54) is 24.0 Å². The van der Waals surface area contributed by atoms with Crippen LogP contribution in [-0.4, -0.2) is 22.0 Å². The Morgan fingerprint density at radius 2 is 1.70 bits per heavy atom. The van der Waals surface area contributed by atoms with Crippen LogP contribution in [0.4, 0.5) is 5.13 Å². The third kappa shape index (κ3) is 5.27. The molecule has 254 valence electrons. The van der Waals surface area contributed by atoms with Crippen molar-refractivity contribution in [2.24, 2.45) is 57.2 Å². The number of amides is 1. The number of nitrogens with zero attached hydrogens (tertiary/aromatic N) is 1. The lowest BCUT2D eigenvalue weighted by Gasteiger charge is -2.64. The molecular weight excluding hydrogens is 601 g/mol. The van der Waals surface area contributed by atoms with Gasteiger partial charge >= 0.3 is 5.97 Å². The van der Waals surface area contributed by atoms with Gasteiger partial charge in [-0.2, -0.15) is 0 Å². The number of allylic oxidation sites excluding steroid dienone is 3. The van der Waals surface area contributed by atoms with Crippen molar-refractivity contribution in [1.29, 1.82) is 0 Å². The van der Waals surface area contributed by atoms with Gasteiger partial charge in [-0.1, -0.05) is 78.3 Å². The van der Waals surface area contributed by atoms with Crippen molar-refractivity contribution in [3.63, 3.8) is 0 Å². The van der Waals surface area contributed by atoms with Crippen molar-refractivity contribution in [1.82, 2.24) is 4.98 Å². The van der Waals surface area contributed by atoms with Gasteiger partial charge in [0.05, 0.1) is 11.0 Å². The van der Waals surface area contributed by atoms with Crippen LogP contribution in [0.5, 0.6) is 0 Å². The second kappa shape index (κ2) is 12.0. The molecule has 9 atom stereocenters. The molecule has 4 aliphatic carbocycles. The lowest BCUT2D eigenvalue weighted by molar-refractivity contribution is -0.160. The lowest BCUT2D eigenvalue weighted by atomic mass is 9.40. The molecule has 6 heteroatoms. The Hall–Kier alpha value is -2.73. The van der Waals surface area contributed by atoms with Crippen molar-refractivity contribution in [3.8, 4) is 0 Å². The lowest BCUT2D eigenvalue weighted by Crippen LogP contribution is -2.59. The number of carboxylic acids is 1. The van der Waals surface area contributed by atoms with Crippen LogP contribution >= 0.6 is 11.3 Å². The van der Waals surface area contributed by atoms with Gasteiger partial charge in [-0.05, 0) is 134 Å². The molecule has 5 nitrogen and oxygen atoms in total. The molecule has 1 heterocycles. The van der Waals surface area contributed by atoms with Gasteiger partial charge in [-0.3, -0.25) is 4.79 Å². The van der Waals surface area contributed by atoms with E-state index in [1.807, 2.05) is 25.3 Å². The van der Waals surface area contributed by atoms with Gasteiger partial charge in [0.25, 0.3) is 0 Å². The summed E-state index contributed by atoms with van der Waals surface area (Å²) in [5.41, 5.74) is 3.99. The number of thiazole rings is 1. The first-order valence-electron chi connectivity index (χ1n) is 18.0. The number of carbonyl (C=O) groups excluding carboxylic acids is 1. The highest BCUT2D eigenvalue weighted by molar-refractivity contribution is 7.15. The molecule has 0 spiro atoms. The third-order valence-corrected chi connectivity index (χ3v) is 15.4. The van der Waals surface area contributed by atoms with E-state index in [9.17, 15) is 14.7 Å². The quantitative estimate of drug-likeness (QED) is 0.291. The number of carboxylic acid groups (broad SMARTS) is 1. The fourth-order valence-corrected chi connectivity index (χ4v) is 12.9. The molecule has 3 fully saturated rings. The molecule has 0 aliphatic heterocycles. The van der Waals surface area contributed by atoms with E-state index in [0.717, 1.165) is 54.1 Å². The summed E-state index contributed by atoms with van der Waals surface area (Å²) in [4.78, 5) is 31.5. The Bertz CT molecular complexity index is 1590. The van der Waals surface area contributed by atoms with Crippen LogP contribution in [0.25, 0.3) is 5.57 Å². The number of aryl methyl sites for hydroxylation is 1. The van der Waals surface area contributed by atoms with E-state index < -0.39 is 5.97 Å². The van der Waals surface area contributed by atoms with Gasteiger partial charge in [0.15, 0.2) is 5.13 Å². The number of hydrogen-bond acceptors (Lipinski definition) is 4. The Morgan fingerprint density at radius 3 is 2.30 bits per heavy atom. The van der Waals surface area contributed by atoms with Crippen molar-refractivity contribution in [2.75, 3.05) is 5.32 Å². The summed E-state index contributed by atoms with van der Waals surface area (Å²) in [6.45, 7) is 23.6. The van der Waals surface area contributed by atoms with E-state index in [0.29, 0.717) is 41.1 Å². The number of aromatic nitrogens is 1. The summed E-state index contributed by atoms with van der Waals surface area (Å²) in [7, 11) is 0. The second-order valence-electron chi connectivity index (χ2n) is 16.9. The van der Waals surface area contributed by atoms with Gasteiger partial charge in [0.1, 0.15) is 0 Å². The van der Waals surface area contributed by atoms with Gasteiger partial charge < -0.3 is 10.4 Å². The molecule has 2 N–H and O–H groups in total. The number of aromatic carboxylic acids is 1. The van der Waals surface area contributed by atoms with E-state index in [1.54, 1.807) is 23.5 Å². The molecule has 9 unspecified atom stereocenters. The van der Waals surface area contributed by atoms with Gasteiger partial charge in [-0.25, -0.2) is 9.78 Å². The summed E-state index contributed by atoms with van der Waals surface area (Å²) in [6.07, 6.45) is 12.9. The highest BCUT2D eigenvalue weighted by atomic mass is 32.1. The maximum Gasteiger partial charge on any atom is 0.335 e. The van der Waals surface area contributed by atoms with Crippen molar-refractivity contribution in [2.45, 2.75) is 107 Å². The summed E-state index contributed by atoms with van der Waals surface area (Å²) < 4.78 is 0. The van der Waals surface area contributed by atoms with Crippen LogP contribution in [0, 0.1) is 64.1 Å². The van der Waals surface area contributed by atoms with Crippen LogP contribution in [-0.2, 0) is 4.79 Å². The van der Waals surface area contributed by atoms with Crippen molar-refractivity contribution < 1.29 is 14.7 Å². The molecule has 1 aromatic heterocycles. The fourth-order valence-electron chi connectivity index (χ4n) is 12.2. The predicted octanol–water partition coefficient (Wildman–Crippen LogP) is 10.7. The minimum atomic E-state index is -0.882. The molecule has 0 saturated heterocycles. The molecule has 47 heavy (non-hydrogen) atoms. The summed E-state index contributed by atoms with van der Waals surface area (Å²) in [6, 6.07) is 7.49. The Labute approximate surface area is 286 Å². The number of hydrogen-bond donors (Lipinski definition) is 2. The molecular formula is C41H56N2O3S. The largest absolute Gasteiger partial charge is 0.478 e. The first-order chi connectivity index (χ1) is 22.1. The van der Waals surface area contributed by atoms with Crippen LogP contribution < -0.4 is 5.32 Å². The second-order valence-corrected chi connectivity index (χ2v) is 18.1. The van der Waals surface area contributed by atoms with Gasteiger partial charge in [-0.15, -0.1) is 11.3 Å². The van der Waals surface area contributed by atoms with Gasteiger partial charge in [0.2, 0.25) is 5.91 Å². The number of fused-ring (bicyclic) bond motifs is 3. The maximum absolute atomic E-state index is 14.3. The topological polar surface area (TPSA) is 79.3 Å². The first-order valence-corrected chi connectivity index (χ1v) is 18.9. The SMILES string of the molecule is C=C(C)C1CCC2(C(=O)Nc3ncc(C)s3)CCC3(C)C(C)C(C4(C)CC=C(c5ccc(C(=O)O)cc5)C(C)(C)C4CC)CCC3C12. The summed E-state index contributed by atoms with van der Waals surface area (Å²) in [5, 5.41) is 13.5. The molecule has 1 amide bonds.